The minimum Gasteiger partial charge on any atom is -0.362 e. The van der Waals surface area contributed by atoms with Gasteiger partial charge in [0.1, 0.15) is 5.82 Å². The molecule has 14 heavy (non-hydrogen) atoms. The topological polar surface area (TPSA) is 16.1 Å². The molecule has 0 atom stereocenters. The van der Waals surface area contributed by atoms with E-state index in [2.05, 4.69) is 20.9 Å². The lowest BCUT2D eigenvalue weighted by Gasteiger charge is -2.14. The Bertz CT molecular complexity index is 336. The molecule has 1 aromatic rings. The molecule has 0 aliphatic rings. The lowest BCUT2D eigenvalue weighted by atomic mass is 10.3. The van der Waals surface area contributed by atoms with E-state index < -0.39 is 11.7 Å². The van der Waals surface area contributed by atoms with Crippen LogP contribution in [0.2, 0.25) is 0 Å². The molecule has 1 aromatic heterocycles. The summed E-state index contributed by atoms with van der Waals surface area (Å²) in [5.41, 5.74) is -0.755. The number of rotatable bonds is 1. The van der Waals surface area contributed by atoms with Gasteiger partial charge in [0.25, 0.3) is 0 Å². The van der Waals surface area contributed by atoms with Gasteiger partial charge in [-0.15, -0.1) is 0 Å². The molecule has 0 spiro atoms. The first kappa shape index (κ1) is 11.3. The molecule has 0 amide bonds. The van der Waals surface area contributed by atoms with E-state index in [1.54, 1.807) is 19.0 Å². The third kappa shape index (κ3) is 2.37. The van der Waals surface area contributed by atoms with E-state index in [0.717, 1.165) is 12.3 Å². The van der Waals surface area contributed by atoms with Crippen LogP contribution in [0.1, 0.15) is 5.56 Å². The first-order chi connectivity index (χ1) is 6.32. The van der Waals surface area contributed by atoms with Crippen molar-refractivity contribution in [1.82, 2.24) is 4.98 Å². The number of halogens is 4. The van der Waals surface area contributed by atoms with Crippen LogP contribution in [0.3, 0.4) is 0 Å². The number of hydrogen-bond acceptors (Lipinski definition) is 2. The molecule has 0 aliphatic heterocycles. The van der Waals surface area contributed by atoms with Crippen molar-refractivity contribution >= 4 is 21.7 Å². The Balaban J connectivity index is 3.13. The van der Waals surface area contributed by atoms with Gasteiger partial charge < -0.3 is 4.90 Å². The van der Waals surface area contributed by atoms with Gasteiger partial charge in [-0.25, -0.2) is 4.98 Å². The second-order valence-corrected chi connectivity index (χ2v) is 3.78. The zero-order chi connectivity index (χ0) is 10.9. The van der Waals surface area contributed by atoms with Gasteiger partial charge in [0.05, 0.1) is 10.0 Å². The number of aromatic nitrogens is 1. The lowest BCUT2D eigenvalue weighted by Crippen LogP contribution is -2.13. The van der Waals surface area contributed by atoms with Crippen molar-refractivity contribution in [1.29, 1.82) is 0 Å². The fourth-order valence-corrected chi connectivity index (χ4v) is 1.62. The molecule has 0 unspecified atom stereocenters. The fraction of sp³-hybridized carbons (Fsp3) is 0.375. The van der Waals surface area contributed by atoms with Crippen LogP contribution in [0.5, 0.6) is 0 Å². The standard InChI is InChI=1S/C8H8BrF3N2/c1-14(2)7-6(9)3-5(4-13-7)8(10,11)12/h3-4H,1-2H3. The number of nitrogens with zero attached hydrogens (tertiary/aromatic N) is 2. The normalized spacial score (nSPS) is 11.6. The van der Waals surface area contributed by atoms with Crippen molar-refractivity contribution in [3.8, 4) is 0 Å². The summed E-state index contributed by atoms with van der Waals surface area (Å²) in [5, 5.41) is 0. The monoisotopic (exact) mass is 268 g/mol. The molecule has 78 valence electrons. The molecular formula is C8H8BrF3N2. The molecule has 0 aromatic carbocycles. The van der Waals surface area contributed by atoms with E-state index >= 15 is 0 Å². The van der Waals surface area contributed by atoms with Gasteiger partial charge in [-0.05, 0) is 22.0 Å². The minimum atomic E-state index is -4.35. The van der Waals surface area contributed by atoms with Gasteiger partial charge >= 0.3 is 6.18 Å². The molecule has 1 heterocycles. The summed E-state index contributed by atoms with van der Waals surface area (Å²) in [4.78, 5) is 5.33. The molecule has 1 rings (SSSR count). The van der Waals surface area contributed by atoms with E-state index in [0.29, 0.717) is 10.3 Å². The Labute approximate surface area is 87.9 Å². The Kier molecular flexibility index (Phi) is 3.04. The Morgan fingerprint density at radius 3 is 2.29 bits per heavy atom. The van der Waals surface area contributed by atoms with Crippen LogP contribution >= 0.6 is 15.9 Å². The van der Waals surface area contributed by atoms with Crippen LogP contribution < -0.4 is 4.90 Å². The van der Waals surface area contributed by atoms with Crippen molar-refractivity contribution < 1.29 is 13.2 Å². The van der Waals surface area contributed by atoms with Gasteiger partial charge in [-0.3, -0.25) is 0 Å². The molecule has 0 N–H and O–H groups in total. The largest absolute Gasteiger partial charge is 0.417 e. The Hall–Kier alpha value is -0.780. The summed E-state index contributed by atoms with van der Waals surface area (Å²) in [6.07, 6.45) is -3.53. The summed E-state index contributed by atoms with van der Waals surface area (Å²) in [5.74, 6) is 0.470. The Morgan fingerprint density at radius 2 is 1.93 bits per heavy atom. The second-order valence-electron chi connectivity index (χ2n) is 2.92. The maximum atomic E-state index is 12.2. The molecule has 0 saturated carbocycles. The average molecular weight is 269 g/mol. The second kappa shape index (κ2) is 3.76. The van der Waals surface area contributed by atoms with Gasteiger partial charge in [0.2, 0.25) is 0 Å². The summed E-state index contributed by atoms with van der Waals surface area (Å²) in [6, 6.07) is 1.02. The zero-order valence-corrected chi connectivity index (χ0v) is 9.15. The lowest BCUT2D eigenvalue weighted by molar-refractivity contribution is -0.137. The van der Waals surface area contributed by atoms with Crippen LogP contribution in [0.4, 0.5) is 19.0 Å². The summed E-state index contributed by atoms with van der Waals surface area (Å²) in [6.45, 7) is 0. The van der Waals surface area contributed by atoms with Gasteiger partial charge in [0.15, 0.2) is 0 Å². The number of alkyl halides is 3. The predicted molar refractivity (Wildman–Crippen MR) is 51.3 cm³/mol. The third-order valence-electron chi connectivity index (χ3n) is 1.57. The summed E-state index contributed by atoms with van der Waals surface area (Å²) >= 11 is 3.04. The zero-order valence-electron chi connectivity index (χ0n) is 7.56. The quantitative estimate of drug-likeness (QED) is 0.779. The van der Waals surface area contributed by atoms with E-state index in [1.807, 2.05) is 0 Å². The average Bonchev–Trinajstić information content (AvgIpc) is 2.01. The number of anilines is 1. The molecule has 0 aliphatic carbocycles. The van der Waals surface area contributed by atoms with E-state index in [4.69, 9.17) is 0 Å². The molecular weight excluding hydrogens is 261 g/mol. The molecule has 0 bridgehead atoms. The highest BCUT2D eigenvalue weighted by molar-refractivity contribution is 9.10. The van der Waals surface area contributed by atoms with Gasteiger partial charge in [-0.1, -0.05) is 0 Å². The van der Waals surface area contributed by atoms with Crippen LogP contribution in [0.25, 0.3) is 0 Å². The van der Waals surface area contributed by atoms with E-state index in [-0.39, 0.29) is 0 Å². The molecule has 0 saturated heterocycles. The highest BCUT2D eigenvalue weighted by Crippen LogP contribution is 2.32. The SMILES string of the molecule is CN(C)c1ncc(C(F)(F)F)cc1Br. The van der Waals surface area contributed by atoms with Crippen molar-refractivity contribution in [3.63, 3.8) is 0 Å². The molecule has 0 fully saturated rings. The van der Waals surface area contributed by atoms with Crippen molar-refractivity contribution in [3.05, 3.63) is 22.3 Å². The highest BCUT2D eigenvalue weighted by Gasteiger charge is 2.31. The van der Waals surface area contributed by atoms with Crippen molar-refractivity contribution in [2.45, 2.75) is 6.18 Å². The third-order valence-corrected chi connectivity index (χ3v) is 2.16. The smallest absolute Gasteiger partial charge is 0.362 e. The number of hydrogen-bond donors (Lipinski definition) is 0. The summed E-state index contributed by atoms with van der Waals surface area (Å²) in [7, 11) is 3.42. The summed E-state index contributed by atoms with van der Waals surface area (Å²) < 4.78 is 37.0. The maximum absolute atomic E-state index is 12.2. The predicted octanol–water partition coefficient (Wildman–Crippen LogP) is 2.93. The van der Waals surface area contributed by atoms with Gasteiger partial charge in [0, 0.05) is 20.3 Å². The Morgan fingerprint density at radius 1 is 1.36 bits per heavy atom. The highest BCUT2D eigenvalue weighted by atomic mass is 79.9. The molecule has 0 radical (unpaired) electrons. The molecule has 2 nitrogen and oxygen atoms in total. The van der Waals surface area contributed by atoms with Crippen LogP contribution in [-0.2, 0) is 6.18 Å². The fourth-order valence-electron chi connectivity index (χ4n) is 0.915. The van der Waals surface area contributed by atoms with E-state index in [1.165, 1.54) is 0 Å². The van der Waals surface area contributed by atoms with Crippen molar-refractivity contribution in [2.24, 2.45) is 0 Å². The van der Waals surface area contributed by atoms with Crippen molar-refractivity contribution in [2.75, 3.05) is 19.0 Å². The van der Waals surface area contributed by atoms with Crippen LogP contribution in [-0.4, -0.2) is 19.1 Å². The van der Waals surface area contributed by atoms with Crippen LogP contribution in [0, 0.1) is 0 Å². The van der Waals surface area contributed by atoms with Crippen LogP contribution in [0.15, 0.2) is 16.7 Å². The molecule has 6 heteroatoms. The minimum absolute atomic E-state index is 0.331. The first-order valence-corrected chi connectivity index (χ1v) is 4.51. The van der Waals surface area contributed by atoms with Gasteiger partial charge in [-0.2, -0.15) is 13.2 Å². The number of pyridine rings is 1. The maximum Gasteiger partial charge on any atom is 0.417 e. The van der Waals surface area contributed by atoms with E-state index in [9.17, 15) is 13.2 Å². The first-order valence-electron chi connectivity index (χ1n) is 3.72.